The zero-order valence-electron chi connectivity index (χ0n) is 22.9. The van der Waals surface area contributed by atoms with Gasteiger partial charge in [0.1, 0.15) is 0 Å². The van der Waals surface area contributed by atoms with Crippen LogP contribution in [0, 0.1) is 52.3 Å². The van der Waals surface area contributed by atoms with Gasteiger partial charge in [0.25, 0.3) is 5.97 Å². The number of carboxylic acids is 2. The molecule has 0 bridgehead atoms. The van der Waals surface area contributed by atoms with Crippen molar-refractivity contribution in [3.63, 3.8) is 0 Å². The van der Waals surface area contributed by atoms with Gasteiger partial charge in [0, 0.05) is 6.92 Å². The first-order chi connectivity index (χ1) is 16.3. The van der Waals surface area contributed by atoms with Crippen molar-refractivity contribution in [1.82, 2.24) is 0 Å². The first kappa shape index (κ1) is 28.2. The molecule has 0 radical (unpaired) electrons. The molecule has 1 unspecified atom stereocenters. The van der Waals surface area contributed by atoms with Crippen LogP contribution in [0.1, 0.15) is 106 Å². The predicted octanol–water partition coefficient (Wildman–Crippen LogP) is 6.79. The van der Waals surface area contributed by atoms with Gasteiger partial charge in [-0.1, -0.05) is 65.5 Å². The first-order valence-electron chi connectivity index (χ1n) is 14.1. The lowest BCUT2D eigenvalue weighted by atomic mass is 9.47. The summed E-state index contributed by atoms with van der Waals surface area (Å²) in [6.07, 6.45) is 13.2. The highest BCUT2D eigenvalue weighted by atomic mass is 16.4. The van der Waals surface area contributed by atoms with Crippen molar-refractivity contribution in [3.8, 4) is 0 Å². The van der Waals surface area contributed by atoms with Crippen molar-refractivity contribution in [2.45, 2.75) is 112 Å². The highest BCUT2D eigenvalue weighted by Gasteiger charge is 2.62. The van der Waals surface area contributed by atoms with E-state index in [1.165, 1.54) is 37.7 Å². The number of aliphatic hydroxyl groups is 1. The van der Waals surface area contributed by atoms with Gasteiger partial charge in [0.15, 0.2) is 0 Å². The average Bonchev–Trinajstić information content (AvgIpc) is 3.07. The number of carboxylic acid groups (broad SMARTS) is 2. The van der Waals surface area contributed by atoms with Crippen LogP contribution in [0.25, 0.3) is 0 Å². The second-order valence-electron chi connectivity index (χ2n) is 13.2. The fourth-order valence-electron chi connectivity index (χ4n) is 9.06. The van der Waals surface area contributed by atoms with Crippen LogP contribution in [0.2, 0.25) is 0 Å². The first-order valence-corrected chi connectivity index (χ1v) is 14.1. The predicted molar refractivity (Wildman–Crippen MR) is 139 cm³/mol. The maximum Gasteiger partial charge on any atom is 0.306 e. The molecule has 0 saturated heterocycles. The van der Waals surface area contributed by atoms with Gasteiger partial charge in [0.2, 0.25) is 0 Å². The van der Waals surface area contributed by atoms with E-state index in [1.54, 1.807) is 0 Å². The Morgan fingerprint density at radius 1 is 1.06 bits per heavy atom. The van der Waals surface area contributed by atoms with E-state index < -0.39 is 11.9 Å². The van der Waals surface area contributed by atoms with Crippen LogP contribution in [0.3, 0.4) is 0 Å². The van der Waals surface area contributed by atoms with Gasteiger partial charge in [-0.3, -0.25) is 9.59 Å². The summed E-state index contributed by atoms with van der Waals surface area (Å²) in [4.78, 5) is 21.4. The molecule has 4 aliphatic carbocycles. The van der Waals surface area contributed by atoms with Crippen LogP contribution in [-0.4, -0.2) is 33.4 Å². The summed E-state index contributed by atoms with van der Waals surface area (Å²) in [5.74, 6) is 1.80. The van der Waals surface area contributed by atoms with Crippen molar-refractivity contribution in [2.24, 2.45) is 52.3 Å². The number of carbonyl (C=O) groups is 2. The molecule has 35 heavy (non-hydrogen) atoms. The summed E-state index contributed by atoms with van der Waals surface area (Å²) in [5, 5.41) is 27.9. The summed E-state index contributed by atoms with van der Waals surface area (Å²) in [6, 6.07) is 0. The van der Waals surface area contributed by atoms with Crippen molar-refractivity contribution in [1.29, 1.82) is 0 Å². The van der Waals surface area contributed by atoms with Gasteiger partial charge in [-0.15, -0.1) is 0 Å². The standard InChI is InChI=1S/C28H46O3.C2H4O2/c1-17(2)7-6-8-18(3)25-22(26(30)31)16-24-21-10-9-19-15-20(29)11-13-27(19,4)23(21)12-14-28(24,25)5;1-2(3)4/h9,17-18,20-25,29H,6-8,10-16H2,1-5H3,(H,30,31);1H3,(H,3,4)/t18-,20+,21-,22?,23+,24+,25+,27+,28+;/m1./s1. The molecule has 3 saturated carbocycles. The summed E-state index contributed by atoms with van der Waals surface area (Å²) in [7, 11) is 0. The molecule has 0 amide bonds. The monoisotopic (exact) mass is 490 g/mol. The third-order valence-electron chi connectivity index (χ3n) is 10.6. The molecule has 5 nitrogen and oxygen atoms in total. The fourth-order valence-corrected chi connectivity index (χ4v) is 9.06. The Labute approximate surface area is 212 Å². The molecule has 0 spiro atoms. The lowest BCUT2D eigenvalue weighted by molar-refractivity contribution is -0.145. The molecule has 3 fully saturated rings. The van der Waals surface area contributed by atoms with Crippen LogP contribution in [-0.2, 0) is 9.59 Å². The highest BCUT2D eigenvalue weighted by molar-refractivity contribution is 5.71. The summed E-state index contributed by atoms with van der Waals surface area (Å²) >= 11 is 0. The minimum Gasteiger partial charge on any atom is -0.481 e. The van der Waals surface area contributed by atoms with Gasteiger partial charge in [-0.05, 0) is 91.3 Å². The van der Waals surface area contributed by atoms with Crippen LogP contribution < -0.4 is 0 Å². The third-order valence-corrected chi connectivity index (χ3v) is 10.6. The maximum absolute atomic E-state index is 12.4. The molecular formula is C30H50O5. The Balaban J connectivity index is 0.000000795. The second-order valence-corrected chi connectivity index (χ2v) is 13.2. The van der Waals surface area contributed by atoms with Crippen molar-refractivity contribution < 1.29 is 24.9 Å². The Kier molecular flexibility index (Phi) is 8.82. The van der Waals surface area contributed by atoms with E-state index in [1.807, 2.05) is 0 Å². The molecule has 0 aromatic rings. The number of fused-ring (bicyclic) bond motifs is 5. The Bertz CT molecular complexity index is 799. The normalized spacial score (nSPS) is 41.0. The molecule has 0 aromatic carbocycles. The van der Waals surface area contributed by atoms with Gasteiger partial charge in [-0.25, -0.2) is 0 Å². The molecule has 4 aliphatic rings. The molecule has 0 heterocycles. The lowest BCUT2D eigenvalue weighted by Gasteiger charge is -2.58. The minimum atomic E-state index is -0.833. The summed E-state index contributed by atoms with van der Waals surface area (Å²) in [6.45, 7) is 12.9. The number of aliphatic carboxylic acids is 2. The lowest BCUT2D eigenvalue weighted by Crippen LogP contribution is -2.51. The van der Waals surface area contributed by atoms with Gasteiger partial charge in [0.05, 0.1) is 12.0 Å². The summed E-state index contributed by atoms with van der Waals surface area (Å²) < 4.78 is 0. The quantitative estimate of drug-likeness (QED) is 0.356. The van der Waals surface area contributed by atoms with Crippen molar-refractivity contribution >= 4 is 11.9 Å². The molecule has 4 rings (SSSR count). The highest BCUT2D eigenvalue weighted by Crippen LogP contribution is 2.68. The second kappa shape index (κ2) is 10.9. The van der Waals surface area contributed by atoms with Gasteiger partial charge < -0.3 is 15.3 Å². The van der Waals surface area contributed by atoms with Crippen LogP contribution in [0.15, 0.2) is 11.6 Å². The molecular weight excluding hydrogens is 440 g/mol. The Morgan fingerprint density at radius 3 is 2.31 bits per heavy atom. The molecule has 5 heteroatoms. The zero-order valence-corrected chi connectivity index (χ0v) is 22.9. The number of rotatable bonds is 6. The van der Waals surface area contributed by atoms with Crippen molar-refractivity contribution in [3.05, 3.63) is 11.6 Å². The molecule has 0 aromatic heterocycles. The van der Waals surface area contributed by atoms with Crippen LogP contribution in [0.4, 0.5) is 0 Å². The van der Waals surface area contributed by atoms with E-state index in [0.717, 1.165) is 44.9 Å². The number of hydrogen-bond donors (Lipinski definition) is 3. The van der Waals surface area contributed by atoms with E-state index in [2.05, 4.69) is 40.7 Å². The van der Waals surface area contributed by atoms with Crippen LogP contribution in [0.5, 0.6) is 0 Å². The average molecular weight is 491 g/mol. The number of hydrogen-bond acceptors (Lipinski definition) is 3. The van der Waals surface area contributed by atoms with E-state index in [0.29, 0.717) is 29.6 Å². The molecule has 0 aliphatic heterocycles. The van der Waals surface area contributed by atoms with E-state index >= 15 is 0 Å². The van der Waals surface area contributed by atoms with Crippen LogP contribution >= 0.6 is 0 Å². The third kappa shape index (κ3) is 5.65. The SMILES string of the molecule is CC(=O)O.CC(C)CCC[C@@H](C)[C@H]1C(C(=O)O)C[C@H]2[C@@H]3CC=C4C[C@@H](O)CC[C@]4(C)[C@H]3CC[C@]12C. The smallest absolute Gasteiger partial charge is 0.306 e. The molecule has 9 atom stereocenters. The number of allylic oxidation sites excluding steroid dienone is 1. The topological polar surface area (TPSA) is 94.8 Å². The van der Waals surface area contributed by atoms with Gasteiger partial charge >= 0.3 is 5.97 Å². The maximum atomic E-state index is 12.4. The Hall–Kier alpha value is -1.36. The fraction of sp³-hybridized carbons (Fsp3) is 0.867. The van der Waals surface area contributed by atoms with Gasteiger partial charge in [-0.2, -0.15) is 0 Å². The molecule has 3 N–H and O–H groups in total. The van der Waals surface area contributed by atoms with E-state index in [9.17, 15) is 15.0 Å². The van der Waals surface area contributed by atoms with E-state index in [-0.39, 0.29) is 22.9 Å². The molecule has 200 valence electrons. The Morgan fingerprint density at radius 2 is 1.71 bits per heavy atom. The largest absolute Gasteiger partial charge is 0.481 e. The zero-order chi connectivity index (χ0) is 26.1. The number of aliphatic hydroxyl groups excluding tert-OH is 1. The van der Waals surface area contributed by atoms with E-state index in [4.69, 9.17) is 9.90 Å². The minimum absolute atomic E-state index is 0.163. The van der Waals surface area contributed by atoms with Crippen molar-refractivity contribution in [2.75, 3.05) is 0 Å². The summed E-state index contributed by atoms with van der Waals surface area (Å²) in [5.41, 5.74) is 1.89.